The second kappa shape index (κ2) is 8.44. The highest BCUT2D eigenvalue weighted by atomic mass is 35.5. The van der Waals surface area contributed by atoms with E-state index in [0.29, 0.717) is 6.04 Å². The first-order valence-electron chi connectivity index (χ1n) is 7.98. The van der Waals surface area contributed by atoms with Gasteiger partial charge in [-0.25, -0.2) is 9.97 Å². The van der Waals surface area contributed by atoms with Gasteiger partial charge in [0.25, 0.3) is 0 Å². The molecular formula is C15H25Cl2N5O. The van der Waals surface area contributed by atoms with Gasteiger partial charge < -0.3 is 15.0 Å². The first kappa shape index (κ1) is 18.7. The van der Waals surface area contributed by atoms with E-state index in [1.807, 2.05) is 12.4 Å². The number of likely N-dealkylation sites (tertiary alicyclic amines) is 1. The molecule has 8 heteroatoms. The lowest BCUT2D eigenvalue weighted by atomic mass is 10.1. The normalized spacial score (nSPS) is 27.2. The number of hydrogen-bond acceptors (Lipinski definition) is 6. The fourth-order valence-electron chi connectivity index (χ4n) is 3.73. The number of ether oxygens (including phenoxy) is 1. The Morgan fingerprint density at radius 2 is 1.83 bits per heavy atom. The first-order valence-corrected chi connectivity index (χ1v) is 7.98. The molecule has 1 aromatic heterocycles. The van der Waals surface area contributed by atoms with Crippen LogP contribution in [0.15, 0.2) is 12.4 Å². The van der Waals surface area contributed by atoms with Gasteiger partial charge in [-0.05, 0) is 25.4 Å². The van der Waals surface area contributed by atoms with Gasteiger partial charge in [0.2, 0.25) is 5.95 Å². The molecule has 0 aromatic carbocycles. The van der Waals surface area contributed by atoms with E-state index in [1.165, 1.54) is 25.1 Å². The quantitative estimate of drug-likeness (QED) is 0.864. The molecular weight excluding hydrogens is 337 g/mol. The maximum absolute atomic E-state index is 5.36. The van der Waals surface area contributed by atoms with Crippen molar-refractivity contribution >= 4 is 30.8 Å². The Labute approximate surface area is 149 Å². The van der Waals surface area contributed by atoms with Gasteiger partial charge in [0, 0.05) is 50.2 Å². The number of halogens is 2. The second-order valence-corrected chi connectivity index (χ2v) is 6.24. The van der Waals surface area contributed by atoms with Crippen molar-refractivity contribution in [3.8, 4) is 0 Å². The summed E-state index contributed by atoms with van der Waals surface area (Å²) in [6, 6.07) is 0.712. The van der Waals surface area contributed by atoms with E-state index in [9.17, 15) is 0 Å². The molecule has 3 aliphatic heterocycles. The average Bonchev–Trinajstić information content (AvgIpc) is 3.14. The molecule has 6 nitrogen and oxygen atoms in total. The van der Waals surface area contributed by atoms with Gasteiger partial charge in [-0.2, -0.15) is 0 Å². The first-order chi connectivity index (χ1) is 10.4. The number of fused-ring (bicyclic) bond motifs is 1. The number of morpholine rings is 1. The minimum Gasteiger partial charge on any atom is -0.378 e. The molecule has 1 aromatic rings. The number of rotatable bonds is 3. The summed E-state index contributed by atoms with van der Waals surface area (Å²) < 4.78 is 5.36. The number of anilines is 1. The molecule has 3 aliphatic rings. The lowest BCUT2D eigenvalue weighted by molar-refractivity contribution is 0.122. The molecule has 0 amide bonds. The molecule has 0 spiro atoms. The van der Waals surface area contributed by atoms with Crippen LogP contribution in [0.2, 0.25) is 0 Å². The van der Waals surface area contributed by atoms with Gasteiger partial charge in [-0.3, -0.25) is 4.90 Å². The van der Waals surface area contributed by atoms with Gasteiger partial charge in [0.1, 0.15) is 0 Å². The molecule has 0 radical (unpaired) electrons. The Morgan fingerprint density at radius 3 is 2.57 bits per heavy atom. The third-order valence-electron chi connectivity index (χ3n) is 4.93. The van der Waals surface area contributed by atoms with E-state index < -0.39 is 0 Å². The fraction of sp³-hybridized carbons (Fsp3) is 0.733. The zero-order valence-electron chi connectivity index (χ0n) is 13.2. The van der Waals surface area contributed by atoms with E-state index in [2.05, 4.69) is 25.1 Å². The predicted octanol–water partition coefficient (Wildman–Crippen LogP) is 0.950. The molecule has 4 heterocycles. The Kier molecular flexibility index (Phi) is 6.85. The second-order valence-electron chi connectivity index (χ2n) is 6.24. The van der Waals surface area contributed by atoms with Crippen LogP contribution in [0.25, 0.3) is 0 Å². The van der Waals surface area contributed by atoms with Crippen LogP contribution in [-0.4, -0.2) is 66.8 Å². The molecule has 1 N–H and O–H groups in total. The van der Waals surface area contributed by atoms with Crippen LogP contribution in [0.4, 0.5) is 5.95 Å². The van der Waals surface area contributed by atoms with Crippen LogP contribution in [0.5, 0.6) is 0 Å². The van der Waals surface area contributed by atoms with Crippen molar-refractivity contribution in [2.45, 2.75) is 19.0 Å². The summed E-state index contributed by atoms with van der Waals surface area (Å²) in [6.45, 7) is 7.84. The SMILES string of the molecule is Cl.Cl.c1nc(N2CCOCC2)ncc1CN1CC[C@H]2CNC[C@H]21. The van der Waals surface area contributed by atoms with Crippen LogP contribution in [-0.2, 0) is 11.3 Å². The van der Waals surface area contributed by atoms with Gasteiger partial charge in [0.05, 0.1) is 13.2 Å². The zero-order valence-corrected chi connectivity index (χ0v) is 14.8. The lowest BCUT2D eigenvalue weighted by Gasteiger charge is -2.27. The molecule has 0 saturated carbocycles. The Bertz CT molecular complexity index is 483. The number of nitrogens with zero attached hydrogens (tertiary/aromatic N) is 4. The summed E-state index contributed by atoms with van der Waals surface area (Å²) in [5, 5.41) is 3.50. The van der Waals surface area contributed by atoms with E-state index in [4.69, 9.17) is 4.74 Å². The van der Waals surface area contributed by atoms with Crippen molar-refractivity contribution in [3.63, 3.8) is 0 Å². The molecule has 0 aliphatic carbocycles. The molecule has 3 fully saturated rings. The molecule has 23 heavy (non-hydrogen) atoms. The highest BCUT2D eigenvalue weighted by Crippen LogP contribution is 2.28. The van der Waals surface area contributed by atoms with Gasteiger partial charge in [0.15, 0.2) is 0 Å². The highest BCUT2D eigenvalue weighted by Gasteiger charge is 2.37. The predicted molar refractivity (Wildman–Crippen MR) is 94.7 cm³/mol. The summed E-state index contributed by atoms with van der Waals surface area (Å²) >= 11 is 0. The molecule has 4 rings (SSSR count). The van der Waals surface area contributed by atoms with Crippen molar-refractivity contribution in [1.29, 1.82) is 0 Å². The van der Waals surface area contributed by atoms with Crippen molar-refractivity contribution < 1.29 is 4.74 Å². The maximum Gasteiger partial charge on any atom is 0.225 e. The number of aromatic nitrogens is 2. The largest absolute Gasteiger partial charge is 0.378 e. The monoisotopic (exact) mass is 361 g/mol. The van der Waals surface area contributed by atoms with Crippen LogP contribution >= 0.6 is 24.8 Å². The summed E-state index contributed by atoms with van der Waals surface area (Å²) in [4.78, 5) is 13.9. The van der Waals surface area contributed by atoms with E-state index >= 15 is 0 Å². The summed E-state index contributed by atoms with van der Waals surface area (Å²) in [5.41, 5.74) is 1.22. The molecule has 2 atom stereocenters. The Morgan fingerprint density at radius 1 is 1.09 bits per heavy atom. The van der Waals surface area contributed by atoms with Gasteiger partial charge in [-0.1, -0.05) is 0 Å². The Balaban J connectivity index is 0.000000960. The van der Waals surface area contributed by atoms with E-state index in [1.54, 1.807) is 0 Å². The fourth-order valence-corrected chi connectivity index (χ4v) is 3.73. The third kappa shape index (κ3) is 4.06. The van der Waals surface area contributed by atoms with Crippen LogP contribution in [0, 0.1) is 5.92 Å². The minimum absolute atomic E-state index is 0. The summed E-state index contributed by atoms with van der Waals surface area (Å²) in [6.07, 6.45) is 5.31. The maximum atomic E-state index is 5.36. The molecule has 130 valence electrons. The standard InChI is InChI=1S/C15H23N5O.2ClH/c1-2-20(14-10-16-9-13(1)14)11-12-7-17-15(18-8-12)19-3-5-21-6-4-19;;/h7-8,13-14,16H,1-6,9-11H2;2*1H/t13-,14+;;/m0../s1. The number of nitrogens with one attached hydrogen (secondary N) is 1. The molecule has 0 bridgehead atoms. The van der Waals surface area contributed by atoms with E-state index in [-0.39, 0.29) is 24.8 Å². The zero-order chi connectivity index (χ0) is 14.1. The number of hydrogen-bond donors (Lipinski definition) is 1. The van der Waals surface area contributed by atoms with Crippen molar-refractivity contribution in [2.24, 2.45) is 5.92 Å². The molecule has 3 saturated heterocycles. The van der Waals surface area contributed by atoms with E-state index in [0.717, 1.165) is 51.3 Å². The lowest BCUT2D eigenvalue weighted by Crippen LogP contribution is -2.37. The van der Waals surface area contributed by atoms with Crippen LogP contribution < -0.4 is 10.2 Å². The van der Waals surface area contributed by atoms with Crippen LogP contribution in [0.1, 0.15) is 12.0 Å². The molecule has 0 unspecified atom stereocenters. The minimum atomic E-state index is 0. The van der Waals surface area contributed by atoms with Crippen molar-refractivity contribution in [2.75, 3.05) is 50.8 Å². The van der Waals surface area contributed by atoms with Crippen molar-refractivity contribution in [3.05, 3.63) is 18.0 Å². The smallest absolute Gasteiger partial charge is 0.225 e. The van der Waals surface area contributed by atoms with Crippen molar-refractivity contribution in [1.82, 2.24) is 20.2 Å². The summed E-state index contributed by atoms with van der Waals surface area (Å²) in [5.74, 6) is 1.68. The highest BCUT2D eigenvalue weighted by molar-refractivity contribution is 5.85. The summed E-state index contributed by atoms with van der Waals surface area (Å²) in [7, 11) is 0. The third-order valence-corrected chi connectivity index (χ3v) is 4.93. The Hall–Kier alpha value is -0.660. The van der Waals surface area contributed by atoms with Crippen LogP contribution in [0.3, 0.4) is 0 Å². The average molecular weight is 362 g/mol. The van der Waals surface area contributed by atoms with Gasteiger partial charge >= 0.3 is 0 Å². The van der Waals surface area contributed by atoms with Gasteiger partial charge in [-0.15, -0.1) is 24.8 Å². The topological polar surface area (TPSA) is 53.5 Å².